The number of nitrogens with zero attached hydrogens (tertiary/aromatic N) is 1. The molecule has 2 atom stereocenters. The molecule has 0 saturated carbocycles. The molecule has 19 heavy (non-hydrogen) atoms. The predicted octanol–water partition coefficient (Wildman–Crippen LogP) is -0.614. The van der Waals surface area contributed by atoms with Crippen molar-refractivity contribution in [3.8, 4) is 0 Å². The fourth-order valence-electron chi connectivity index (χ4n) is 2.02. The Bertz CT molecular complexity index is 250. The number of amides is 1. The first-order valence-corrected chi connectivity index (χ1v) is 7.23. The molecule has 0 aliphatic carbocycles. The summed E-state index contributed by atoms with van der Waals surface area (Å²) < 4.78 is 0. The van der Waals surface area contributed by atoms with Gasteiger partial charge in [-0.15, -0.1) is 0 Å². The average Bonchev–Trinajstić information content (AvgIpc) is 2.34. The summed E-state index contributed by atoms with van der Waals surface area (Å²) in [5.41, 5.74) is 0. The summed E-state index contributed by atoms with van der Waals surface area (Å²) in [6.07, 6.45) is 1.60. The van der Waals surface area contributed by atoms with Crippen molar-refractivity contribution in [3.05, 3.63) is 0 Å². The van der Waals surface area contributed by atoms with Crippen LogP contribution in [0.4, 0.5) is 0 Å². The van der Waals surface area contributed by atoms with Gasteiger partial charge in [-0.25, -0.2) is 0 Å². The van der Waals surface area contributed by atoms with Crippen LogP contribution in [-0.2, 0) is 4.79 Å². The maximum Gasteiger partial charge on any atom is 0.214 e. The molecule has 0 aromatic carbocycles. The van der Waals surface area contributed by atoms with Gasteiger partial charge in [0.2, 0.25) is 5.91 Å². The van der Waals surface area contributed by atoms with Crippen molar-refractivity contribution in [2.45, 2.75) is 58.1 Å². The lowest BCUT2D eigenvalue weighted by Gasteiger charge is -2.28. The number of hydrogen-bond donors (Lipinski definition) is 3. The fraction of sp³-hybridized carbons (Fsp3) is 0.923. The molecule has 0 bridgehead atoms. The van der Waals surface area contributed by atoms with E-state index in [0.29, 0.717) is 25.8 Å². The molecule has 1 amide bonds. The summed E-state index contributed by atoms with van der Waals surface area (Å²) in [5, 5.41) is 21.8. The monoisotopic (exact) mass is 272 g/mol. The molecule has 0 saturated heterocycles. The lowest BCUT2D eigenvalue weighted by molar-refractivity contribution is -0.129. The first kappa shape index (κ1) is 18.4. The van der Waals surface area contributed by atoms with E-state index in [0.717, 1.165) is 6.42 Å². The standard InChI is InChI=1S/C13H29BN2O3/c1-10(2)15-12(9-17)8-16(13(19)7-14)6-4-5-11(3)18/h10-12,15,17-18H,4-9,14H2,1-3H3/t11-,12-/m1/s1. The zero-order valence-electron chi connectivity index (χ0n) is 12.7. The van der Waals surface area contributed by atoms with Crippen molar-refractivity contribution >= 4 is 13.8 Å². The van der Waals surface area contributed by atoms with Crippen LogP contribution in [0.25, 0.3) is 0 Å². The van der Waals surface area contributed by atoms with E-state index in [2.05, 4.69) is 5.32 Å². The topological polar surface area (TPSA) is 72.8 Å². The van der Waals surface area contributed by atoms with Crippen molar-refractivity contribution in [1.29, 1.82) is 0 Å². The summed E-state index contributed by atoms with van der Waals surface area (Å²) in [4.78, 5) is 13.7. The second-order valence-electron chi connectivity index (χ2n) is 5.39. The van der Waals surface area contributed by atoms with Gasteiger partial charge in [-0.05, 0) is 26.1 Å². The summed E-state index contributed by atoms with van der Waals surface area (Å²) in [7, 11) is 1.84. The number of carbonyl (C=O) groups is 1. The van der Waals surface area contributed by atoms with E-state index in [4.69, 9.17) is 0 Å². The molecule has 0 aliphatic heterocycles. The van der Waals surface area contributed by atoms with Crippen LogP contribution in [-0.4, -0.2) is 66.8 Å². The highest BCUT2D eigenvalue weighted by Gasteiger charge is 2.17. The van der Waals surface area contributed by atoms with Gasteiger partial charge >= 0.3 is 0 Å². The van der Waals surface area contributed by atoms with Crippen molar-refractivity contribution in [1.82, 2.24) is 10.2 Å². The SMILES string of the molecule is BCC(=O)N(CCC[C@@H](C)O)C[C@H](CO)NC(C)C. The third-order valence-corrected chi connectivity index (χ3v) is 2.94. The van der Waals surface area contributed by atoms with Gasteiger partial charge < -0.3 is 20.4 Å². The lowest BCUT2D eigenvalue weighted by Crippen LogP contribution is -2.48. The van der Waals surface area contributed by atoms with Gasteiger partial charge in [0.05, 0.1) is 12.7 Å². The highest BCUT2D eigenvalue weighted by atomic mass is 16.3. The third kappa shape index (κ3) is 9.02. The minimum absolute atomic E-state index is 0.0159. The molecule has 0 rings (SSSR count). The van der Waals surface area contributed by atoms with Gasteiger partial charge in [0, 0.05) is 25.2 Å². The molecule has 0 aromatic rings. The Morgan fingerprint density at radius 3 is 2.42 bits per heavy atom. The molecule has 0 aliphatic rings. The second-order valence-corrected chi connectivity index (χ2v) is 5.39. The van der Waals surface area contributed by atoms with Gasteiger partial charge in [-0.3, -0.25) is 4.79 Å². The van der Waals surface area contributed by atoms with E-state index < -0.39 is 0 Å². The molecule has 6 heteroatoms. The second kappa shape index (κ2) is 10.2. The van der Waals surface area contributed by atoms with Crippen LogP contribution in [0.5, 0.6) is 0 Å². The summed E-state index contributed by atoms with van der Waals surface area (Å²) in [6.45, 7) is 6.95. The van der Waals surface area contributed by atoms with Crippen LogP contribution < -0.4 is 5.32 Å². The number of nitrogens with one attached hydrogen (secondary N) is 1. The van der Waals surface area contributed by atoms with E-state index in [1.54, 1.807) is 11.8 Å². The minimum Gasteiger partial charge on any atom is -0.395 e. The normalized spacial score (nSPS) is 14.4. The highest BCUT2D eigenvalue weighted by molar-refractivity contribution is 6.19. The summed E-state index contributed by atoms with van der Waals surface area (Å²) in [5.74, 6) is 0.0922. The van der Waals surface area contributed by atoms with E-state index >= 15 is 0 Å². The molecule has 0 spiro atoms. The van der Waals surface area contributed by atoms with Crippen LogP contribution in [0.2, 0.25) is 6.32 Å². The minimum atomic E-state index is -0.332. The van der Waals surface area contributed by atoms with E-state index in [9.17, 15) is 15.0 Å². The van der Waals surface area contributed by atoms with Crippen molar-refractivity contribution in [3.63, 3.8) is 0 Å². The number of carbonyl (C=O) groups excluding carboxylic acids is 1. The Kier molecular flexibility index (Phi) is 9.92. The van der Waals surface area contributed by atoms with Crippen LogP contribution in [0.3, 0.4) is 0 Å². The number of aliphatic hydroxyl groups is 2. The van der Waals surface area contributed by atoms with Gasteiger partial charge in [-0.1, -0.05) is 13.8 Å². The van der Waals surface area contributed by atoms with Crippen LogP contribution in [0.15, 0.2) is 0 Å². The molecule has 3 N–H and O–H groups in total. The molecule has 0 heterocycles. The van der Waals surface area contributed by atoms with Crippen molar-refractivity contribution in [2.75, 3.05) is 19.7 Å². The zero-order chi connectivity index (χ0) is 14.8. The first-order chi connectivity index (χ1) is 8.90. The first-order valence-electron chi connectivity index (χ1n) is 7.23. The van der Waals surface area contributed by atoms with Gasteiger partial charge in [-0.2, -0.15) is 0 Å². The molecular formula is C13H29BN2O3. The quantitative estimate of drug-likeness (QED) is 0.464. The Balaban J connectivity index is 4.35. The van der Waals surface area contributed by atoms with E-state index in [1.807, 2.05) is 21.7 Å². The Morgan fingerprint density at radius 2 is 2.00 bits per heavy atom. The smallest absolute Gasteiger partial charge is 0.214 e. The molecular weight excluding hydrogens is 243 g/mol. The predicted molar refractivity (Wildman–Crippen MR) is 80.0 cm³/mol. The fourth-order valence-corrected chi connectivity index (χ4v) is 2.02. The lowest BCUT2D eigenvalue weighted by atomic mass is 10.0. The van der Waals surface area contributed by atoms with Gasteiger partial charge in [0.25, 0.3) is 0 Å². The molecule has 5 nitrogen and oxygen atoms in total. The van der Waals surface area contributed by atoms with Gasteiger partial charge in [0.15, 0.2) is 0 Å². The molecule has 0 unspecified atom stereocenters. The average molecular weight is 272 g/mol. The van der Waals surface area contributed by atoms with E-state index in [-0.39, 0.29) is 30.7 Å². The van der Waals surface area contributed by atoms with E-state index in [1.165, 1.54) is 0 Å². The van der Waals surface area contributed by atoms with Crippen LogP contribution in [0, 0.1) is 0 Å². The maximum atomic E-state index is 11.9. The number of aliphatic hydroxyl groups excluding tert-OH is 2. The molecule has 0 aromatic heterocycles. The number of hydrogen-bond acceptors (Lipinski definition) is 4. The van der Waals surface area contributed by atoms with Crippen LogP contribution in [0.1, 0.15) is 33.6 Å². The van der Waals surface area contributed by atoms with Crippen LogP contribution >= 0.6 is 0 Å². The molecule has 0 radical (unpaired) electrons. The molecule has 112 valence electrons. The third-order valence-electron chi connectivity index (χ3n) is 2.94. The van der Waals surface area contributed by atoms with Crippen molar-refractivity contribution in [2.24, 2.45) is 0 Å². The number of rotatable bonds is 10. The highest BCUT2D eigenvalue weighted by Crippen LogP contribution is 2.03. The Labute approximate surface area is 117 Å². The largest absolute Gasteiger partial charge is 0.395 e. The van der Waals surface area contributed by atoms with Gasteiger partial charge in [0.1, 0.15) is 7.85 Å². The zero-order valence-corrected chi connectivity index (χ0v) is 12.7. The Hall–Kier alpha value is -0.585. The Morgan fingerprint density at radius 1 is 1.37 bits per heavy atom. The molecule has 0 fully saturated rings. The van der Waals surface area contributed by atoms with Crippen molar-refractivity contribution < 1.29 is 15.0 Å². The summed E-state index contributed by atoms with van der Waals surface area (Å²) in [6, 6.07) is 0.176. The maximum absolute atomic E-state index is 11.9. The summed E-state index contributed by atoms with van der Waals surface area (Å²) >= 11 is 0.